The third kappa shape index (κ3) is 2.94. The standard InChI is InChI=1S/C17H16FN3OS2/c18-13-6-2-1-5-12(13)16-19-21(17(23)22-16)11-20-9-3-7-14(20)15-8-4-10-24-15/h1-2,4-6,8,10,14H,3,7,9,11H2/p+1/t14-/m1/s1. The Morgan fingerprint density at radius 1 is 1.33 bits per heavy atom. The summed E-state index contributed by atoms with van der Waals surface area (Å²) in [5, 5.41) is 6.52. The number of rotatable bonds is 4. The van der Waals surface area contributed by atoms with E-state index in [4.69, 9.17) is 16.6 Å². The maximum Gasteiger partial charge on any atom is 0.292 e. The Kier molecular flexibility index (Phi) is 4.30. The summed E-state index contributed by atoms with van der Waals surface area (Å²) < 4.78 is 21.1. The number of aromatic nitrogens is 2. The highest BCUT2D eigenvalue weighted by atomic mass is 32.1. The SMILES string of the molecule is Fc1ccccc1-c1nn(C[NH+]2CCC[C@@H]2c2cccs2)c(=S)o1. The molecular weight excluding hydrogens is 345 g/mol. The van der Waals surface area contributed by atoms with Crippen LogP contribution in [0.3, 0.4) is 0 Å². The summed E-state index contributed by atoms with van der Waals surface area (Å²) in [6, 6.07) is 11.2. The maximum absolute atomic E-state index is 13.9. The van der Waals surface area contributed by atoms with Gasteiger partial charge in [-0.25, -0.2) is 4.39 Å². The van der Waals surface area contributed by atoms with Crippen LogP contribution in [0, 0.1) is 10.7 Å². The van der Waals surface area contributed by atoms with Crippen molar-refractivity contribution in [3.63, 3.8) is 0 Å². The van der Waals surface area contributed by atoms with Gasteiger partial charge in [0.2, 0.25) is 5.89 Å². The molecule has 2 atom stereocenters. The van der Waals surface area contributed by atoms with E-state index in [2.05, 4.69) is 22.6 Å². The van der Waals surface area contributed by atoms with Gasteiger partial charge in [0, 0.05) is 12.8 Å². The Hall–Kier alpha value is -1.83. The summed E-state index contributed by atoms with van der Waals surface area (Å²) in [7, 11) is 0. The summed E-state index contributed by atoms with van der Waals surface area (Å²) in [6.07, 6.45) is 2.35. The van der Waals surface area contributed by atoms with Gasteiger partial charge in [-0.3, -0.25) is 0 Å². The molecule has 7 heteroatoms. The van der Waals surface area contributed by atoms with Crippen molar-refractivity contribution in [2.45, 2.75) is 25.6 Å². The van der Waals surface area contributed by atoms with Crippen LogP contribution in [0.2, 0.25) is 0 Å². The molecular formula is C17H17FN3OS2+. The van der Waals surface area contributed by atoms with Gasteiger partial charge in [0.05, 0.1) is 17.0 Å². The third-order valence-corrected chi connectivity index (χ3v) is 5.71. The van der Waals surface area contributed by atoms with E-state index in [-0.39, 0.29) is 16.5 Å². The molecule has 0 bridgehead atoms. The first-order valence-electron chi connectivity index (χ1n) is 7.93. The molecule has 2 aromatic heterocycles. The van der Waals surface area contributed by atoms with Gasteiger partial charge < -0.3 is 9.32 Å². The Bertz CT molecular complexity index is 887. The van der Waals surface area contributed by atoms with E-state index >= 15 is 0 Å². The molecule has 1 aliphatic heterocycles. The molecule has 3 aromatic rings. The molecule has 0 radical (unpaired) electrons. The highest BCUT2D eigenvalue weighted by Gasteiger charge is 2.31. The van der Waals surface area contributed by atoms with Gasteiger partial charge in [-0.1, -0.05) is 18.2 Å². The molecule has 1 unspecified atom stereocenters. The Morgan fingerprint density at radius 3 is 3.00 bits per heavy atom. The third-order valence-electron chi connectivity index (χ3n) is 4.43. The van der Waals surface area contributed by atoms with Gasteiger partial charge in [0.25, 0.3) is 4.84 Å². The Morgan fingerprint density at radius 2 is 2.21 bits per heavy atom. The van der Waals surface area contributed by atoms with Gasteiger partial charge >= 0.3 is 0 Å². The summed E-state index contributed by atoms with van der Waals surface area (Å²) in [4.78, 5) is 3.10. The van der Waals surface area contributed by atoms with E-state index in [1.165, 1.54) is 28.7 Å². The molecule has 0 saturated carbocycles. The molecule has 1 fully saturated rings. The fourth-order valence-electron chi connectivity index (χ4n) is 3.28. The zero-order valence-corrected chi connectivity index (χ0v) is 14.6. The van der Waals surface area contributed by atoms with Crippen molar-refractivity contribution in [2.75, 3.05) is 6.54 Å². The van der Waals surface area contributed by atoms with Crippen LogP contribution in [-0.4, -0.2) is 16.3 Å². The monoisotopic (exact) mass is 362 g/mol. The van der Waals surface area contributed by atoms with Crippen LogP contribution >= 0.6 is 23.6 Å². The number of likely N-dealkylation sites (tertiary alicyclic amines) is 1. The zero-order valence-electron chi connectivity index (χ0n) is 12.9. The van der Waals surface area contributed by atoms with Crippen molar-refractivity contribution in [1.82, 2.24) is 9.78 Å². The van der Waals surface area contributed by atoms with Gasteiger partial charge in [0.1, 0.15) is 11.9 Å². The predicted molar refractivity (Wildman–Crippen MR) is 92.8 cm³/mol. The Balaban J connectivity index is 1.59. The van der Waals surface area contributed by atoms with Crippen LogP contribution in [0.1, 0.15) is 23.8 Å². The molecule has 0 spiro atoms. The van der Waals surface area contributed by atoms with Gasteiger partial charge in [0.15, 0.2) is 6.67 Å². The van der Waals surface area contributed by atoms with Crippen molar-refractivity contribution in [3.05, 3.63) is 57.3 Å². The van der Waals surface area contributed by atoms with Gasteiger partial charge in [-0.05, 0) is 35.8 Å². The number of benzene rings is 1. The van der Waals surface area contributed by atoms with Crippen molar-refractivity contribution in [3.8, 4) is 11.5 Å². The number of nitrogens with one attached hydrogen (secondary N) is 1. The first kappa shape index (κ1) is 15.7. The smallest absolute Gasteiger partial charge is 0.292 e. The average Bonchev–Trinajstić information content (AvgIpc) is 3.30. The fourth-order valence-corrected chi connectivity index (χ4v) is 4.38. The molecule has 0 amide bonds. The van der Waals surface area contributed by atoms with Crippen molar-refractivity contribution in [1.29, 1.82) is 0 Å². The molecule has 1 N–H and O–H groups in total. The minimum atomic E-state index is -0.356. The summed E-state index contributed by atoms with van der Waals surface area (Å²) in [5.41, 5.74) is 0.341. The largest absolute Gasteiger partial charge is 0.409 e. The highest BCUT2D eigenvalue weighted by molar-refractivity contribution is 7.71. The highest BCUT2D eigenvalue weighted by Crippen LogP contribution is 2.24. The minimum absolute atomic E-state index is 0.240. The first-order valence-corrected chi connectivity index (χ1v) is 9.22. The Labute approximate surface area is 148 Å². The molecule has 1 aliphatic rings. The fraction of sp³-hybridized carbons (Fsp3) is 0.294. The number of halogens is 1. The molecule has 4 rings (SSSR count). The average molecular weight is 362 g/mol. The first-order chi connectivity index (χ1) is 11.7. The van der Waals surface area contributed by atoms with Gasteiger partial charge in [-0.15, -0.1) is 16.4 Å². The summed E-state index contributed by atoms with van der Waals surface area (Å²) >= 11 is 7.08. The van der Waals surface area contributed by atoms with Crippen molar-refractivity contribution < 1.29 is 13.7 Å². The lowest BCUT2D eigenvalue weighted by Gasteiger charge is -2.19. The molecule has 4 nitrogen and oxygen atoms in total. The number of hydrogen-bond acceptors (Lipinski definition) is 4. The zero-order chi connectivity index (χ0) is 16.5. The lowest BCUT2D eigenvalue weighted by molar-refractivity contribution is -0.941. The molecule has 0 aliphatic carbocycles. The number of nitrogens with zero attached hydrogens (tertiary/aromatic N) is 2. The van der Waals surface area contributed by atoms with E-state index < -0.39 is 0 Å². The topological polar surface area (TPSA) is 35.4 Å². The number of hydrogen-bond donors (Lipinski definition) is 1. The number of thiophene rings is 1. The van der Waals surface area contributed by atoms with Crippen molar-refractivity contribution >= 4 is 23.6 Å². The molecule has 1 saturated heterocycles. The van der Waals surface area contributed by atoms with E-state index in [1.807, 2.05) is 0 Å². The van der Waals surface area contributed by atoms with E-state index in [0.717, 1.165) is 6.54 Å². The van der Waals surface area contributed by atoms with Crippen LogP contribution in [0.4, 0.5) is 4.39 Å². The van der Waals surface area contributed by atoms with Crippen LogP contribution in [0.5, 0.6) is 0 Å². The lowest BCUT2D eigenvalue weighted by Crippen LogP contribution is -3.09. The second-order valence-corrected chi connectivity index (χ2v) is 7.26. The lowest BCUT2D eigenvalue weighted by atomic mass is 10.2. The normalized spacial score (nSPS) is 20.5. The van der Waals surface area contributed by atoms with Crippen LogP contribution in [0.15, 0.2) is 46.2 Å². The molecule has 24 heavy (non-hydrogen) atoms. The molecule has 124 valence electrons. The summed E-state index contributed by atoms with van der Waals surface area (Å²) in [5.74, 6) is -0.116. The van der Waals surface area contributed by atoms with Crippen LogP contribution < -0.4 is 4.90 Å². The predicted octanol–water partition coefficient (Wildman–Crippen LogP) is 3.45. The number of quaternary nitrogens is 1. The van der Waals surface area contributed by atoms with E-state index in [0.29, 0.717) is 18.3 Å². The maximum atomic E-state index is 13.9. The van der Waals surface area contributed by atoms with Crippen LogP contribution in [-0.2, 0) is 6.67 Å². The second-order valence-electron chi connectivity index (χ2n) is 5.93. The van der Waals surface area contributed by atoms with Crippen LogP contribution in [0.25, 0.3) is 11.5 Å². The van der Waals surface area contributed by atoms with Crippen molar-refractivity contribution in [2.24, 2.45) is 0 Å². The van der Waals surface area contributed by atoms with Gasteiger partial charge in [-0.2, -0.15) is 4.68 Å². The van der Waals surface area contributed by atoms with E-state index in [1.54, 1.807) is 34.2 Å². The quantitative estimate of drug-likeness (QED) is 0.722. The van der Waals surface area contributed by atoms with E-state index in [9.17, 15) is 4.39 Å². The molecule has 3 heterocycles. The summed E-state index contributed by atoms with van der Waals surface area (Å²) in [6.45, 7) is 1.71. The minimum Gasteiger partial charge on any atom is -0.409 e. The molecule has 1 aromatic carbocycles. The second kappa shape index (κ2) is 6.58.